The van der Waals surface area contributed by atoms with Crippen LogP contribution >= 0.6 is 0 Å². The van der Waals surface area contributed by atoms with Crippen LogP contribution < -0.4 is 0 Å². The molecule has 1 aliphatic rings. The van der Waals surface area contributed by atoms with Gasteiger partial charge in [0.15, 0.2) is 0 Å². The molecule has 1 atom stereocenters. The summed E-state index contributed by atoms with van der Waals surface area (Å²) >= 11 is 0. The van der Waals surface area contributed by atoms with Crippen molar-refractivity contribution in [3.8, 4) is 0 Å². The lowest BCUT2D eigenvalue weighted by Gasteiger charge is -2.37. The number of likely N-dealkylation sites (tertiary alicyclic amines) is 1. The van der Waals surface area contributed by atoms with Crippen LogP contribution in [-0.4, -0.2) is 40.7 Å². The van der Waals surface area contributed by atoms with Gasteiger partial charge in [0, 0.05) is 29.0 Å². The SMILES string of the molecule is CCC(C)(C)c1cc(C(C)(C)C)n(CC2CCN(C)CC2(F)F)n1. The first kappa shape index (κ1) is 19.4. The molecule has 0 spiro atoms. The van der Waals surface area contributed by atoms with Gasteiger partial charge in [0.1, 0.15) is 0 Å². The fourth-order valence-electron chi connectivity index (χ4n) is 3.26. The van der Waals surface area contributed by atoms with E-state index in [4.69, 9.17) is 5.10 Å². The first-order valence-electron chi connectivity index (χ1n) is 9.02. The summed E-state index contributed by atoms with van der Waals surface area (Å²) in [6.45, 7) is 13.7. The molecule has 0 aromatic carbocycles. The summed E-state index contributed by atoms with van der Waals surface area (Å²) in [5, 5.41) is 4.77. The predicted octanol–water partition coefficient (Wildman–Crippen LogP) is 4.46. The van der Waals surface area contributed by atoms with Crippen LogP contribution in [0.2, 0.25) is 0 Å². The molecule has 1 saturated heterocycles. The molecule has 0 bridgehead atoms. The lowest BCUT2D eigenvalue weighted by Crippen LogP contribution is -2.48. The van der Waals surface area contributed by atoms with Crippen molar-refractivity contribution < 1.29 is 8.78 Å². The Kier molecular flexibility index (Phi) is 5.16. The second-order valence-corrected chi connectivity index (χ2v) is 9.07. The fourth-order valence-corrected chi connectivity index (χ4v) is 3.26. The summed E-state index contributed by atoms with van der Waals surface area (Å²) in [5.41, 5.74) is 1.90. The monoisotopic (exact) mass is 341 g/mol. The van der Waals surface area contributed by atoms with Gasteiger partial charge in [-0.2, -0.15) is 5.10 Å². The van der Waals surface area contributed by atoms with Crippen molar-refractivity contribution in [2.45, 2.75) is 77.7 Å². The van der Waals surface area contributed by atoms with Gasteiger partial charge in [-0.15, -0.1) is 0 Å². The molecule has 0 aliphatic carbocycles. The van der Waals surface area contributed by atoms with Crippen LogP contribution in [0.5, 0.6) is 0 Å². The van der Waals surface area contributed by atoms with Gasteiger partial charge in [0.05, 0.1) is 12.2 Å². The van der Waals surface area contributed by atoms with Crippen molar-refractivity contribution in [3.05, 3.63) is 17.5 Å². The molecule has 24 heavy (non-hydrogen) atoms. The van der Waals surface area contributed by atoms with Crippen LogP contribution in [0.25, 0.3) is 0 Å². The largest absolute Gasteiger partial charge is 0.301 e. The molecule has 0 radical (unpaired) electrons. The fraction of sp³-hybridized carbons (Fsp3) is 0.842. The molecule has 1 unspecified atom stereocenters. The molecule has 0 amide bonds. The van der Waals surface area contributed by atoms with Crippen molar-refractivity contribution >= 4 is 0 Å². The molecule has 3 nitrogen and oxygen atoms in total. The highest BCUT2D eigenvalue weighted by Crippen LogP contribution is 2.36. The van der Waals surface area contributed by atoms with E-state index in [1.165, 1.54) is 0 Å². The highest BCUT2D eigenvalue weighted by molar-refractivity contribution is 5.23. The summed E-state index contributed by atoms with van der Waals surface area (Å²) < 4.78 is 30.8. The first-order chi connectivity index (χ1) is 10.9. The Morgan fingerprint density at radius 2 is 1.88 bits per heavy atom. The van der Waals surface area contributed by atoms with Gasteiger partial charge in [-0.3, -0.25) is 4.68 Å². The van der Waals surface area contributed by atoms with E-state index >= 15 is 0 Å². The Labute approximate surface area is 145 Å². The van der Waals surface area contributed by atoms with Crippen LogP contribution in [0.1, 0.15) is 65.8 Å². The molecule has 1 aliphatic heterocycles. The van der Waals surface area contributed by atoms with E-state index in [0.29, 0.717) is 13.0 Å². The van der Waals surface area contributed by atoms with E-state index in [1.807, 2.05) is 4.68 Å². The van der Waals surface area contributed by atoms with E-state index < -0.39 is 11.8 Å². The molecule has 2 heterocycles. The maximum absolute atomic E-state index is 14.5. The third-order valence-corrected chi connectivity index (χ3v) is 5.46. The Hall–Kier alpha value is -0.970. The molecule has 0 N–H and O–H groups in total. The van der Waals surface area contributed by atoms with Gasteiger partial charge in [-0.1, -0.05) is 41.5 Å². The van der Waals surface area contributed by atoms with E-state index in [0.717, 1.165) is 24.4 Å². The first-order valence-corrected chi connectivity index (χ1v) is 9.02. The number of alkyl halides is 2. The van der Waals surface area contributed by atoms with Crippen LogP contribution in [0.4, 0.5) is 8.78 Å². The number of piperidine rings is 1. The normalized spacial score (nSPS) is 22.8. The average molecular weight is 341 g/mol. The zero-order valence-electron chi connectivity index (χ0n) is 16.3. The summed E-state index contributed by atoms with van der Waals surface area (Å²) in [6.07, 6.45) is 1.48. The summed E-state index contributed by atoms with van der Waals surface area (Å²) in [5.74, 6) is -3.30. The van der Waals surface area contributed by atoms with Crippen molar-refractivity contribution in [2.24, 2.45) is 5.92 Å². The Morgan fingerprint density at radius 3 is 2.38 bits per heavy atom. The summed E-state index contributed by atoms with van der Waals surface area (Å²) in [6, 6.07) is 2.12. The van der Waals surface area contributed by atoms with Crippen LogP contribution in [0, 0.1) is 5.92 Å². The third kappa shape index (κ3) is 3.98. The van der Waals surface area contributed by atoms with Crippen molar-refractivity contribution in [1.29, 1.82) is 0 Å². The molecule has 5 heteroatoms. The summed E-state index contributed by atoms with van der Waals surface area (Å²) in [4.78, 5) is 1.72. The van der Waals surface area contributed by atoms with Gasteiger partial charge in [-0.25, -0.2) is 8.78 Å². The van der Waals surface area contributed by atoms with E-state index in [2.05, 4.69) is 47.6 Å². The highest BCUT2D eigenvalue weighted by atomic mass is 19.3. The molecule has 1 aromatic heterocycles. The number of hydrogen-bond acceptors (Lipinski definition) is 2. The molecule has 1 aromatic rings. The van der Waals surface area contributed by atoms with E-state index in [-0.39, 0.29) is 17.4 Å². The van der Waals surface area contributed by atoms with E-state index in [1.54, 1.807) is 11.9 Å². The third-order valence-electron chi connectivity index (χ3n) is 5.46. The van der Waals surface area contributed by atoms with Gasteiger partial charge in [0.25, 0.3) is 5.92 Å². The predicted molar refractivity (Wildman–Crippen MR) is 94.8 cm³/mol. The smallest absolute Gasteiger partial charge is 0.265 e. The molecule has 0 saturated carbocycles. The topological polar surface area (TPSA) is 21.1 Å². The lowest BCUT2D eigenvalue weighted by molar-refractivity contribution is -0.111. The lowest BCUT2D eigenvalue weighted by atomic mass is 9.84. The standard InChI is InChI=1S/C19H33F2N3/c1-8-18(5,6)15-11-16(17(2,3)4)24(22-15)12-14-9-10-23(7)13-19(14,20)21/h11,14H,8-10,12-13H2,1-7H3. The van der Waals surface area contributed by atoms with Crippen LogP contribution in [-0.2, 0) is 17.4 Å². The second kappa shape index (κ2) is 6.40. The zero-order valence-corrected chi connectivity index (χ0v) is 16.3. The minimum absolute atomic E-state index is 0.0411. The number of rotatable bonds is 4. The number of aromatic nitrogens is 2. The quantitative estimate of drug-likeness (QED) is 0.806. The van der Waals surface area contributed by atoms with Crippen LogP contribution in [0.15, 0.2) is 6.07 Å². The van der Waals surface area contributed by atoms with Crippen molar-refractivity contribution in [1.82, 2.24) is 14.7 Å². The van der Waals surface area contributed by atoms with Gasteiger partial charge >= 0.3 is 0 Å². The molecule has 1 fully saturated rings. The highest BCUT2D eigenvalue weighted by Gasteiger charge is 2.44. The maximum Gasteiger partial charge on any atom is 0.265 e. The number of hydrogen-bond donors (Lipinski definition) is 0. The molecular formula is C19H33F2N3. The Bertz CT molecular complexity index is 570. The Balaban J connectivity index is 2.35. The molecular weight excluding hydrogens is 308 g/mol. The molecule has 138 valence electrons. The minimum atomic E-state index is -2.66. The van der Waals surface area contributed by atoms with Gasteiger partial charge < -0.3 is 4.90 Å². The van der Waals surface area contributed by atoms with E-state index in [9.17, 15) is 8.78 Å². The van der Waals surface area contributed by atoms with Gasteiger partial charge in [-0.05, 0) is 32.5 Å². The van der Waals surface area contributed by atoms with Crippen molar-refractivity contribution in [3.63, 3.8) is 0 Å². The maximum atomic E-state index is 14.5. The summed E-state index contributed by atoms with van der Waals surface area (Å²) in [7, 11) is 1.76. The zero-order chi connectivity index (χ0) is 18.3. The average Bonchev–Trinajstić information content (AvgIpc) is 2.86. The number of nitrogens with zero attached hydrogens (tertiary/aromatic N) is 3. The van der Waals surface area contributed by atoms with Crippen molar-refractivity contribution in [2.75, 3.05) is 20.1 Å². The van der Waals surface area contributed by atoms with Crippen LogP contribution in [0.3, 0.4) is 0 Å². The second-order valence-electron chi connectivity index (χ2n) is 9.07. The Morgan fingerprint density at radius 1 is 1.25 bits per heavy atom. The molecule has 2 rings (SSSR count). The minimum Gasteiger partial charge on any atom is -0.301 e. The number of halogens is 2. The van der Waals surface area contributed by atoms with Gasteiger partial charge in [0.2, 0.25) is 0 Å².